The molecule has 0 radical (unpaired) electrons. The van der Waals surface area contributed by atoms with Crippen LogP contribution in [0.4, 0.5) is 0 Å². The lowest BCUT2D eigenvalue weighted by atomic mass is 10.2. The Balaban J connectivity index is 4.45. The number of hydrogen-bond donors (Lipinski definition) is 0. The van der Waals surface area contributed by atoms with Gasteiger partial charge in [-0.3, -0.25) is 0 Å². The van der Waals surface area contributed by atoms with Crippen molar-refractivity contribution >= 4 is 0 Å². The number of allylic oxidation sites excluding steroid dienone is 4. The molecule has 0 saturated heterocycles. The molecule has 0 N–H and O–H groups in total. The molecule has 84 valence electrons. The first kappa shape index (κ1) is 13.9. The zero-order valence-electron chi connectivity index (χ0n) is 10.2. The Hall–Kier alpha value is -1.08. The van der Waals surface area contributed by atoms with Crippen LogP contribution in [0.5, 0.6) is 0 Å². The van der Waals surface area contributed by atoms with E-state index in [1.807, 2.05) is 76.3 Å². The van der Waals surface area contributed by atoms with Gasteiger partial charge in [0.25, 0.3) is 0 Å². The van der Waals surface area contributed by atoms with Gasteiger partial charge in [0.15, 0.2) is 0 Å². The van der Waals surface area contributed by atoms with Crippen molar-refractivity contribution < 1.29 is 4.74 Å². The molecule has 0 aliphatic heterocycles. The standard InChI is InChI=1S/C14H22O/c1-5-9-13(10-6-2)15-14(11-7-3)12-8-4/h5-14H,1-4H3/b9-5-,10-6-,11-7-,12-8-. The van der Waals surface area contributed by atoms with Crippen molar-refractivity contribution in [1.82, 2.24) is 0 Å². The van der Waals surface area contributed by atoms with E-state index < -0.39 is 0 Å². The molecule has 0 unspecified atom stereocenters. The molecule has 0 amide bonds. The van der Waals surface area contributed by atoms with E-state index in [4.69, 9.17) is 4.74 Å². The zero-order valence-corrected chi connectivity index (χ0v) is 10.2. The van der Waals surface area contributed by atoms with E-state index in [0.717, 1.165) is 0 Å². The second kappa shape index (κ2) is 9.47. The van der Waals surface area contributed by atoms with Gasteiger partial charge in [0.1, 0.15) is 0 Å². The van der Waals surface area contributed by atoms with Gasteiger partial charge in [-0.2, -0.15) is 0 Å². The van der Waals surface area contributed by atoms with Crippen LogP contribution in [0, 0.1) is 0 Å². The average molecular weight is 206 g/mol. The lowest BCUT2D eigenvalue weighted by molar-refractivity contribution is 0.0960. The van der Waals surface area contributed by atoms with Crippen LogP contribution in [0.15, 0.2) is 48.6 Å². The van der Waals surface area contributed by atoms with Gasteiger partial charge >= 0.3 is 0 Å². The quantitative estimate of drug-likeness (QED) is 0.596. The molecule has 1 nitrogen and oxygen atoms in total. The third-order valence-corrected chi connectivity index (χ3v) is 1.84. The van der Waals surface area contributed by atoms with Crippen molar-refractivity contribution in [1.29, 1.82) is 0 Å². The SMILES string of the molecule is C/C=C\C(/C=C\C)OC(/C=C\C)/C=C\C. The summed E-state index contributed by atoms with van der Waals surface area (Å²) in [6.45, 7) is 8.00. The summed E-state index contributed by atoms with van der Waals surface area (Å²) in [7, 11) is 0. The van der Waals surface area contributed by atoms with Crippen molar-refractivity contribution in [2.45, 2.75) is 39.9 Å². The normalized spacial score (nSPS) is 13.7. The Morgan fingerprint density at radius 2 is 0.867 bits per heavy atom. The molecule has 0 aromatic heterocycles. The van der Waals surface area contributed by atoms with Gasteiger partial charge in [0, 0.05) is 0 Å². The maximum absolute atomic E-state index is 5.86. The predicted molar refractivity (Wildman–Crippen MR) is 67.9 cm³/mol. The number of ether oxygens (including phenoxy) is 1. The molecule has 15 heavy (non-hydrogen) atoms. The topological polar surface area (TPSA) is 9.23 Å². The maximum atomic E-state index is 5.86. The fourth-order valence-corrected chi connectivity index (χ4v) is 1.25. The van der Waals surface area contributed by atoms with Crippen molar-refractivity contribution in [3.8, 4) is 0 Å². The van der Waals surface area contributed by atoms with E-state index in [1.165, 1.54) is 0 Å². The third-order valence-electron chi connectivity index (χ3n) is 1.84. The lowest BCUT2D eigenvalue weighted by Gasteiger charge is -2.15. The Labute approximate surface area is 93.8 Å². The van der Waals surface area contributed by atoms with E-state index in [0.29, 0.717) is 0 Å². The number of hydrogen-bond acceptors (Lipinski definition) is 1. The van der Waals surface area contributed by atoms with Gasteiger partial charge in [0.05, 0.1) is 12.2 Å². The Bertz CT molecular complexity index is 196. The van der Waals surface area contributed by atoms with Crippen LogP contribution in [-0.2, 0) is 4.74 Å². The molecule has 0 aliphatic rings. The van der Waals surface area contributed by atoms with Gasteiger partial charge in [-0.25, -0.2) is 0 Å². The number of rotatable bonds is 6. The predicted octanol–water partition coefficient (Wildman–Crippen LogP) is 4.04. The minimum atomic E-state index is 0.0531. The maximum Gasteiger partial charge on any atom is 0.0949 e. The van der Waals surface area contributed by atoms with Crippen LogP contribution in [0.2, 0.25) is 0 Å². The summed E-state index contributed by atoms with van der Waals surface area (Å²) in [6, 6.07) is 0. The second-order valence-electron chi connectivity index (χ2n) is 3.17. The summed E-state index contributed by atoms with van der Waals surface area (Å²) < 4.78 is 5.86. The monoisotopic (exact) mass is 206 g/mol. The smallest absolute Gasteiger partial charge is 0.0949 e. The Kier molecular flexibility index (Phi) is 8.79. The van der Waals surface area contributed by atoms with Crippen molar-refractivity contribution in [3.05, 3.63) is 48.6 Å². The highest BCUT2D eigenvalue weighted by atomic mass is 16.5. The molecule has 0 saturated carbocycles. The van der Waals surface area contributed by atoms with Crippen LogP contribution in [0.25, 0.3) is 0 Å². The summed E-state index contributed by atoms with van der Waals surface area (Å²) in [5.41, 5.74) is 0. The third kappa shape index (κ3) is 6.92. The molecule has 1 heteroatoms. The molecule has 0 aromatic rings. The van der Waals surface area contributed by atoms with Gasteiger partial charge < -0.3 is 4.74 Å². The van der Waals surface area contributed by atoms with E-state index >= 15 is 0 Å². The van der Waals surface area contributed by atoms with Gasteiger partial charge in [-0.1, -0.05) is 48.6 Å². The van der Waals surface area contributed by atoms with Crippen LogP contribution < -0.4 is 0 Å². The molecule has 0 fully saturated rings. The van der Waals surface area contributed by atoms with Gasteiger partial charge in [-0.05, 0) is 27.7 Å². The largest absolute Gasteiger partial charge is 0.359 e. The van der Waals surface area contributed by atoms with Gasteiger partial charge in [0.2, 0.25) is 0 Å². The van der Waals surface area contributed by atoms with Crippen LogP contribution in [0.1, 0.15) is 27.7 Å². The Morgan fingerprint density at radius 1 is 0.600 bits per heavy atom. The van der Waals surface area contributed by atoms with E-state index in [2.05, 4.69) is 0 Å². The van der Waals surface area contributed by atoms with E-state index in [-0.39, 0.29) is 12.2 Å². The first-order valence-corrected chi connectivity index (χ1v) is 5.45. The minimum Gasteiger partial charge on any atom is -0.359 e. The zero-order chi connectivity index (χ0) is 11.5. The highest BCUT2D eigenvalue weighted by molar-refractivity contribution is 5.06. The summed E-state index contributed by atoms with van der Waals surface area (Å²) in [5.74, 6) is 0. The highest BCUT2D eigenvalue weighted by Gasteiger charge is 2.05. The molecule has 0 aromatic carbocycles. The molecule has 0 rings (SSSR count). The summed E-state index contributed by atoms with van der Waals surface area (Å²) in [4.78, 5) is 0. The first-order chi connectivity index (χ1) is 7.28. The summed E-state index contributed by atoms with van der Waals surface area (Å²) >= 11 is 0. The highest BCUT2D eigenvalue weighted by Crippen LogP contribution is 2.06. The van der Waals surface area contributed by atoms with Crippen molar-refractivity contribution in [2.24, 2.45) is 0 Å². The molecule has 0 heterocycles. The molecular formula is C14H22O. The summed E-state index contributed by atoms with van der Waals surface area (Å²) in [5, 5.41) is 0. The van der Waals surface area contributed by atoms with E-state index in [1.54, 1.807) is 0 Å². The molecule has 0 spiro atoms. The van der Waals surface area contributed by atoms with E-state index in [9.17, 15) is 0 Å². The van der Waals surface area contributed by atoms with Crippen LogP contribution >= 0.6 is 0 Å². The molecular weight excluding hydrogens is 184 g/mol. The fraction of sp³-hybridized carbons (Fsp3) is 0.429. The van der Waals surface area contributed by atoms with Crippen molar-refractivity contribution in [2.75, 3.05) is 0 Å². The lowest BCUT2D eigenvalue weighted by Crippen LogP contribution is -2.15. The van der Waals surface area contributed by atoms with Gasteiger partial charge in [-0.15, -0.1) is 0 Å². The molecule has 0 atom stereocenters. The van der Waals surface area contributed by atoms with Crippen LogP contribution in [-0.4, -0.2) is 12.2 Å². The minimum absolute atomic E-state index is 0.0531. The molecule has 0 aliphatic carbocycles. The molecule has 0 bridgehead atoms. The first-order valence-electron chi connectivity index (χ1n) is 5.45. The van der Waals surface area contributed by atoms with Crippen molar-refractivity contribution in [3.63, 3.8) is 0 Å². The second-order valence-corrected chi connectivity index (χ2v) is 3.17. The summed E-state index contributed by atoms with van der Waals surface area (Å²) in [6.07, 6.45) is 16.3. The average Bonchev–Trinajstić information content (AvgIpc) is 2.19. The Morgan fingerprint density at radius 3 is 1.07 bits per heavy atom. The van der Waals surface area contributed by atoms with Crippen LogP contribution in [0.3, 0.4) is 0 Å². The fourth-order valence-electron chi connectivity index (χ4n) is 1.25.